The smallest absolute Gasteiger partial charge is 0.307 e. The van der Waals surface area contributed by atoms with Crippen LogP contribution in [0.4, 0.5) is 5.69 Å². The average Bonchev–Trinajstić information content (AvgIpc) is 2.39. The molecule has 8 heteroatoms. The van der Waals surface area contributed by atoms with Gasteiger partial charge in [0.05, 0.1) is 11.3 Å². The second-order valence-electron chi connectivity index (χ2n) is 4.48. The standard InChI is InChI=1S/C14H11Cl2NO4S/c15-10-6-11(16)8-13(7-10)22(20,21)17-12-3-1-9(2-4-12)5-14(18)19/h1-4,6-8,17H,5H2,(H,18,19). The molecular formula is C14H11Cl2NO4S. The van der Waals surface area contributed by atoms with Crippen molar-refractivity contribution in [1.29, 1.82) is 0 Å². The van der Waals surface area contributed by atoms with E-state index in [2.05, 4.69) is 4.72 Å². The van der Waals surface area contributed by atoms with Crippen molar-refractivity contribution >= 4 is 44.9 Å². The number of hydrogen-bond donors (Lipinski definition) is 2. The number of rotatable bonds is 5. The fraction of sp³-hybridized carbons (Fsp3) is 0.0714. The molecule has 0 saturated heterocycles. The van der Waals surface area contributed by atoms with Crippen molar-refractivity contribution in [3.05, 3.63) is 58.1 Å². The first-order valence-electron chi connectivity index (χ1n) is 6.06. The zero-order valence-corrected chi connectivity index (χ0v) is 13.4. The number of halogens is 2. The summed E-state index contributed by atoms with van der Waals surface area (Å²) < 4.78 is 26.9. The average molecular weight is 360 g/mol. The molecule has 0 fully saturated rings. The summed E-state index contributed by atoms with van der Waals surface area (Å²) in [6, 6.07) is 10.1. The van der Waals surface area contributed by atoms with E-state index < -0.39 is 16.0 Å². The van der Waals surface area contributed by atoms with Gasteiger partial charge in [0.2, 0.25) is 0 Å². The van der Waals surface area contributed by atoms with Crippen LogP contribution in [0.2, 0.25) is 10.0 Å². The zero-order chi connectivity index (χ0) is 16.3. The third-order valence-electron chi connectivity index (χ3n) is 2.71. The van der Waals surface area contributed by atoms with E-state index >= 15 is 0 Å². The summed E-state index contributed by atoms with van der Waals surface area (Å²) in [4.78, 5) is 10.5. The highest BCUT2D eigenvalue weighted by molar-refractivity contribution is 7.92. The molecule has 0 unspecified atom stereocenters. The molecular weight excluding hydrogens is 349 g/mol. The molecule has 0 radical (unpaired) electrons. The number of anilines is 1. The van der Waals surface area contributed by atoms with Crippen molar-refractivity contribution in [2.24, 2.45) is 0 Å². The molecule has 0 amide bonds. The molecule has 2 aromatic rings. The predicted molar refractivity (Wildman–Crippen MR) is 85.1 cm³/mol. The molecule has 2 N–H and O–H groups in total. The first-order chi connectivity index (χ1) is 10.3. The summed E-state index contributed by atoms with van der Waals surface area (Å²) in [5, 5.41) is 9.11. The first-order valence-corrected chi connectivity index (χ1v) is 8.30. The van der Waals surface area contributed by atoms with Crippen molar-refractivity contribution < 1.29 is 18.3 Å². The number of benzene rings is 2. The number of sulfonamides is 1. The quantitative estimate of drug-likeness (QED) is 0.856. The maximum atomic E-state index is 12.2. The molecule has 0 bridgehead atoms. The first kappa shape index (κ1) is 16.6. The Bertz CT molecular complexity index is 784. The molecule has 0 aliphatic rings. The van der Waals surface area contributed by atoms with Crippen LogP contribution in [0.15, 0.2) is 47.4 Å². The monoisotopic (exact) mass is 359 g/mol. The molecule has 0 heterocycles. The van der Waals surface area contributed by atoms with Crippen LogP contribution in [0.1, 0.15) is 5.56 Å². The second-order valence-corrected chi connectivity index (χ2v) is 7.03. The Morgan fingerprint density at radius 1 is 1.05 bits per heavy atom. The molecule has 22 heavy (non-hydrogen) atoms. The van der Waals surface area contributed by atoms with Crippen LogP contribution in [-0.4, -0.2) is 19.5 Å². The van der Waals surface area contributed by atoms with Crippen LogP contribution >= 0.6 is 23.2 Å². The van der Waals surface area contributed by atoms with Gasteiger partial charge in [0.15, 0.2) is 0 Å². The minimum atomic E-state index is -3.83. The largest absolute Gasteiger partial charge is 0.481 e. The summed E-state index contributed by atoms with van der Waals surface area (Å²) in [6.45, 7) is 0. The molecule has 0 aliphatic carbocycles. The van der Waals surface area contributed by atoms with Gasteiger partial charge in [-0.15, -0.1) is 0 Å². The number of carboxylic acid groups (broad SMARTS) is 1. The Morgan fingerprint density at radius 2 is 1.59 bits per heavy atom. The maximum absolute atomic E-state index is 12.2. The molecule has 2 aromatic carbocycles. The van der Waals surface area contributed by atoms with E-state index in [1.807, 2.05) is 0 Å². The van der Waals surface area contributed by atoms with Gasteiger partial charge < -0.3 is 5.11 Å². The lowest BCUT2D eigenvalue weighted by atomic mass is 10.1. The summed E-state index contributed by atoms with van der Waals surface area (Å²) in [5.41, 5.74) is 0.881. The van der Waals surface area contributed by atoms with Crippen LogP contribution in [-0.2, 0) is 21.2 Å². The number of nitrogens with one attached hydrogen (secondary N) is 1. The number of carboxylic acids is 1. The van der Waals surface area contributed by atoms with Crippen LogP contribution < -0.4 is 4.72 Å². The van der Waals surface area contributed by atoms with E-state index in [1.165, 1.54) is 42.5 Å². The van der Waals surface area contributed by atoms with E-state index in [0.29, 0.717) is 11.3 Å². The molecule has 0 spiro atoms. The minimum Gasteiger partial charge on any atom is -0.481 e. The van der Waals surface area contributed by atoms with Gasteiger partial charge in [0, 0.05) is 15.7 Å². The van der Waals surface area contributed by atoms with E-state index in [1.54, 1.807) is 0 Å². The summed E-state index contributed by atoms with van der Waals surface area (Å²) in [6.07, 6.45) is -0.128. The van der Waals surface area contributed by atoms with Crippen molar-refractivity contribution in [2.45, 2.75) is 11.3 Å². The van der Waals surface area contributed by atoms with Gasteiger partial charge in [-0.2, -0.15) is 0 Å². The number of carbonyl (C=O) groups is 1. The summed E-state index contributed by atoms with van der Waals surface area (Å²) in [7, 11) is -3.83. The van der Waals surface area contributed by atoms with Gasteiger partial charge in [0.1, 0.15) is 0 Å². The Labute approximate surface area is 137 Å². The highest BCUT2D eigenvalue weighted by Crippen LogP contribution is 2.24. The zero-order valence-electron chi connectivity index (χ0n) is 11.1. The van der Waals surface area contributed by atoms with Gasteiger partial charge in [-0.05, 0) is 35.9 Å². The molecule has 0 saturated carbocycles. The molecule has 5 nitrogen and oxygen atoms in total. The molecule has 0 aliphatic heterocycles. The van der Waals surface area contributed by atoms with Crippen molar-refractivity contribution in [3.63, 3.8) is 0 Å². The number of aliphatic carboxylic acids is 1. The van der Waals surface area contributed by atoms with Crippen LogP contribution in [0.3, 0.4) is 0 Å². The Hall–Kier alpha value is -1.76. The van der Waals surface area contributed by atoms with Gasteiger partial charge >= 0.3 is 5.97 Å². The minimum absolute atomic E-state index is 0.0559. The second kappa shape index (κ2) is 6.56. The number of hydrogen-bond acceptors (Lipinski definition) is 3. The third kappa shape index (κ3) is 4.37. The topological polar surface area (TPSA) is 83.5 Å². The lowest BCUT2D eigenvalue weighted by molar-refractivity contribution is -0.136. The van der Waals surface area contributed by atoms with Crippen LogP contribution in [0, 0.1) is 0 Å². The SMILES string of the molecule is O=C(O)Cc1ccc(NS(=O)(=O)c2cc(Cl)cc(Cl)c2)cc1. The summed E-state index contributed by atoms with van der Waals surface area (Å²) in [5.74, 6) is -0.957. The van der Waals surface area contributed by atoms with Crippen LogP contribution in [0.25, 0.3) is 0 Å². The lowest BCUT2D eigenvalue weighted by Gasteiger charge is -2.09. The van der Waals surface area contributed by atoms with E-state index in [-0.39, 0.29) is 21.4 Å². The highest BCUT2D eigenvalue weighted by Gasteiger charge is 2.16. The predicted octanol–water partition coefficient (Wildman–Crippen LogP) is 3.42. The Kier molecular flexibility index (Phi) is 4.95. The van der Waals surface area contributed by atoms with Gasteiger partial charge in [0.25, 0.3) is 10.0 Å². The van der Waals surface area contributed by atoms with Crippen LogP contribution in [0.5, 0.6) is 0 Å². The fourth-order valence-electron chi connectivity index (χ4n) is 1.76. The van der Waals surface area contributed by atoms with E-state index in [9.17, 15) is 13.2 Å². The van der Waals surface area contributed by atoms with Gasteiger partial charge in [-0.1, -0.05) is 35.3 Å². The van der Waals surface area contributed by atoms with Crippen molar-refractivity contribution in [2.75, 3.05) is 4.72 Å². The third-order valence-corrected chi connectivity index (χ3v) is 4.51. The van der Waals surface area contributed by atoms with Gasteiger partial charge in [-0.25, -0.2) is 8.42 Å². The Morgan fingerprint density at radius 3 is 2.09 bits per heavy atom. The summed E-state index contributed by atoms with van der Waals surface area (Å²) >= 11 is 11.6. The Balaban J connectivity index is 2.23. The van der Waals surface area contributed by atoms with Crippen molar-refractivity contribution in [3.8, 4) is 0 Å². The normalized spacial score (nSPS) is 11.2. The van der Waals surface area contributed by atoms with Crippen molar-refractivity contribution in [1.82, 2.24) is 0 Å². The fourth-order valence-corrected chi connectivity index (χ4v) is 3.55. The maximum Gasteiger partial charge on any atom is 0.307 e. The van der Waals surface area contributed by atoms with Gasteiger partial charge in [-0.3, -0.25) is 9.52 Å². The van der Waals surface area contributed by atoms with E-state index in [4.69, 9.17) is 28.3 Å². The van der Waals surface area contributed by atoms with E-state index in [0.717, 1.165) is 0 Å². The molecule has 0 atom stereocenters. The molecule has 0 aromatic heterocycles. The highest BCUT2D eigenvalue weighted by atomic mass is 35.5. The molecule has 116 valence electrons. The lowest BCUT2D eigenvalue weighted by Crippen LogP contribution is -2.13. The molecule has 2 rings (SSSR count).